The van der Waals surface area contributed by atoms with Crippen LogP contribution in [0.5, 0.6) is 0 Å². The summed E-state index contributed by atoms with van der Waals surface area (Å²) >= 11 is 0. The van der Waals surface area contributed by atoms with Gasteiger partial charge in [0.05, 0.1) is 12.2 Å². The molecule has 0 bridgehead atoms. The molecule has 0 saturated heterocycles. The summed E-state index contributed by atoms with van der Waals surface area (Å²) in [6.07, 6.45) is 10.7. The van der Waals surface area contributed by atoms with Gasteiger partial charge in [-0.2, -0.15) is 0 Å². The van der Waals surface area contributed by atoms with Crippen molar-refractivity contribution in [2.45, 2.75) is 83.8 Å². The monoisotopic (exact) mass is 292 g/mol. The first-order chi connectivity index (χ1) is 9.95. The number of fused-ring (bicyclic) bond motifs is 5. The van der Waals surface area contributed by atoms with Crippen molar-refractivity contribution in [3.63, 3.8) is 0 Å². The van der Waals surface area contributed by atoms with Gasteiger partial charge in [0.15, 0.2) is 0 Å². The predicted octanol–water partition coefficient (Wildman–Crippen LogP) is 3.75. The molecule has 8 atom stereocenters. The van der Waals surface area contributed by atoms with Crippen molar-refractivity contribution < 1.29 is 10.2 Å². The van der Waals surface area contributed by atoms with Crippen LogP contribution in [0.3, 0.4) is 0 Å². The van der Waals surface area contributed by atoms with E-state index >= 15 is 0 Å². The second-order valence-electron chi connectivity index (χ2n) is 9.22. The minimum Gasteiger partial charge on any atom is -0.393 e. The van der Waals surface area contributed by atoms with E-state index in [0.29, 0.717) is 5.41 Å². The summed E-state index contributed by atoms with van der Waals surface area (Å²) in [6.45, 7) is 4.90. The molecule has 120 valence electrons. The summed E-state index contributed by atoms with van der Waals surface area (Å²) in [5, 5.41) is 20.5. The van der Waals surface area contributed by atoms with E-state index in [1.54, 1.807) is 0 Å². The Morgan fingerprint density at radius 3 is 2.29 bits per heavy atom. The number of rotatable bonds is 0. The fraction of sp³-hybridized carbons (Fsp3) is 1.00. The zero-order chi connectivity index (χ0) is 14.8. The Kier molecular flexibility index (Phi) is 3.25. The summed E-state index contributed by atoms with van der Waals surface area (Å²) < 4.78 is 0. The van der Waals surface area contributed by atoms with Gasteiger partial charge in [-0.15, -0.1) is 0 Å². The average molecular weight is 292 g/mol. The van der Waals surface area contributed by atoms with Crippen molar-refractivity contribution in [1.29, 1.82) is 0 Å². The summed E-state index contributed by atoms with van der Waals surface area (Å²) in [4.78, 5) is 0. The second-order valence-corrected chi connectivity index (χ2v) is 9.22. The van der Waals surface area contributed by atoms with E-state index in [1.165, 1.54) is 38.5 Å². The van der Waals surface area contributed by atoms with Gasteiger partial charge in [0.2, 0.25) is 0 Å². The van der Waals surface area contributed by atoms with Crippen LogP contribution in [0.1, 0.15) is 71.6 Å². The third-order valence-corrected chi connectivity index (χ3v) is 8.59. The van der Waals surface area contributed by atoms with Crippen LogP contribution in [0.4, 0.5) is 0 Å². The highest BCUT2D eigenvalue weighted by Gasteiger charge is 2.59. The van der Waals surface area contributed by atoms with Crippen molar-refractivity contribution in [1.82, 2.24) is 0 Å². The van der Waals surface area contributed by atoms with Crippen LogP contribution in [-0.2, 0) is 0 Å². The Bertz CT molecular complexity index is 422. The molecule has 0 aromatic rings. The molecule has 0 aromatic heterocycles. The van der Waals surface area contributed by atoms with Crippen LogP contribution in [-0.4, -0.2) is 22.4 Å². The third kappa shape index (κ3) is 1.91. The molecule has 0 aromatic carbocycles. The summed E-state index contributed by atoms with van der Waals surface area (Å²) in [7, 11) is 0. The Morgan fingerprint density at radius 2 is 1.48 bits per heavy atom. The maximum Gasteiger partial charge on any atom is 0.0596 e. The van der Waals surface area contributed by atoms with Gasteiger partial charge in [-0.05, 0) is 92.3 Å². The first kappa shape index (κ1) is 14.5. The average Bonchev–Trinajstić information content (AvgIpc) is 2.76. The highest BCUT2D eigenvalue weighted by atomic mass is 16.3. The zero-order valence-corrected chi connectivity index (χ0v) is 13.7. The first-order valence-electron chi connectivity index (χ1n) is 9.31. The number of aliphatic hydroxyl groups excluding tert-OH is 2. The lowest BCUT2D eigenvalue weighted by atomic mass is 9.45. The van der Waals surface area contributed by atoms with Crippen LogP contribution in [0.15, 0.2) is 0 Å². The van der Waals surface area contributed by atoms with E-state index in [1.807, 2.05) is 0 Å². The summed E-state index contributed by atoms with van der Waals surface area (Å²) in [5.41, 5.74) is 0.676. The van der Waals surface area contributed by atoms with Crippen LogP contribution in [0.25, 0.3) is 0 Å². The van der Waals surface area contributed by atoms with E-state index in [9.17, 15) is 10.2 Å². The number of hydrogen-bond donors (Lipinski definition) is 2. The molecule has 4 fully saturated rings. The fourth-order valence-corrected chi connectivity index (χ4v) is 7.21. The molecule has 1 unspecified atom stereocenters. The second kappa shape index (κ2) is 4.71. The maximum absolute atomic E-state index is 10.5. The SMILES string of the molecule is C[C@]12CC[C@H]3[C@@H](CCC4C[C@H](O)CC[C@@]43C)[C@@H]1CC[C@H]2O. The van der Waals surface area contributed by atoms with E-state index in [-0.39, 0.29) is 17.6 Å². The topological polar surface area (TPSA) is 40.5 Å². The molecule has 21 heavy (non-hydrogen) atoms. The molecule has 0 heterocycles. The van der Waals surface area contributed by atoms with E-state index < -0.39 is 0 Å². The predicted molar refractivity (Wildman–Crippen MR) is 83.7 cm³/mol. The number of aliphatic hydroxyl groups is 2. The van der Waals surface area contributed by atoms with Crippen molar-refractivity contribution >= 4 is 0 Å². The molecule has 2 nitrogen and oxygen atoms in total. The van der Waals surface area contributed by atoms with Gasteiger partial charge in [0, 0.05) is 0 Å². The maximum atomic E-state index is 10.5. The highest BCUT2D eigenvalue weighted by Crippen LogP contribution is 2.66. The van der Waals surface area contributed by atoms with Gasteiger partial charge in [0.1, 0.15) is 0 Å². The molecule has 4 saturated carbocycles. The lowest BCUT2D eigenvalue weighted by Gasteiger charge is -2.60. The van der Waals surface area contributed by atoms with Crippen LogP contribution >= 0.6 is 0 Å². The fourth-order valence-electron chi connectivity index (χ4n) is 7.21. The van der Waals surface area contributed by atoms with E-state index in [0.717, 1.165) is 42.9 Å². The molecule has 0 aliphatic heterocycles. The highest BCUT2D eigenvalue weighted by molar-refractivity contribution is 5.09. The van der Waals surface area contributed by atoms with Gasteiger partial charge in [-0.1, -0.05) is 13.8 Å². The molecule has 4 aliphatic carbocycles. The lowest BCUT2D eigenvalue weighted by Crippen LogP contribution is -2.54. The van der Waals surface area contributed by atoms with Gasteiger partial charge in [-0.3, -0.25) is 0 Å². The third-order valence-electron chi connectivity index (χ3n) is 8.59. The molecule has 4 aliphatic rings. The Hall–Kier alpha value is -0.0800. The van der Waals surface area contributed by atoms with Crippen LogP contribution in [0, 0.1) is 34.5 Å². The van der Waals surface area contributed by atoms with Crippen LogP contribution < -0.4 is 0 Å². The molecular formula is C19H32O2. The van der Waals surface area contributed by atoms with Crippen molar-refractivity contribution in [2.24, 2.45) is 34.5 Å². The normalized spacial score (nSPS) is 60.0. The largest absolute Gasteiger partial charge is 0.393 e. The summed E-state index contributed by atoms with van der Waals surface area (Å²) in [5.74, 6) is 3.21. The molecule has 4 rings (SSSR count). The molecule has 2 heteroatoms. The van der Waals surface area contributed by atoms with Gasteiger partial charge >= 0.3 is 0 Å². The van der Waals surface area contributed by atoms with Crippen molar-refractivity contribution in [3.8, 4) is 0 Å². The standard InChI is InChI=1S/C19H32O2/c1-18-9-7-13(20)11-12(18)3-4-14-15-5-6-17(21)19(15,2)10-8-16(14)18/h12-17,20-21H,3-11H2,1-2H3/t12?,13-,14+,15+,16+,17-,18+,19+/m1/s1. The Morgan fingerprint density at radius 1 is 0.762 bits per heavy atom. The minimum atomic E-state index is -0.0536. The summed E-state index contributed by atoms with van der Waals surface area (Å²) in [6, 6.07) is 0. The minimum absolute atomic E-state index is 0.0400. The molecule has 0 amide bonds. The molecule has 2 N–H and O–H groups in total. The molecule has 0 radical (unpaired) electrons. The van der Waals surface area contributed by atoms with Gasteiger partial charge in [0.25, 0.3) is 0 Å². The molecule has 0 spiro atoms. The lowest BCUT2D eigenvalue weighted by molar-refractivity contribution is -0.133. The first-order valence-corrected chi connectivity index (χ1v) is 9.31. The van der Waals surface area contributed by atoms with E-state index in [2.05, 4.69) is 13.8 Å². The van der Waals surface area contributed by atoms with Crippen molar-refractivity contribution in [2.75, 3.05) is 0 Å². The number of hydrogen-bond acceptors (Lipinski definition) is 2. The smallest absolute Gasteiger partial charge is 0.0596 e. The molecular weight excluding hydrogens is 260 g/mol. The Labute approximate surface area is 129 Å². The van der Waals surface area contributed by atoms with Crippen molar-refractivity contribution in [3.05, 3.63) is 0 Å². The zero-order valence-electron chi connectivity index (χ0n) is 13.7. The van der Waals surface area contributed by atoms with Crippen LogP contribution in [0.2, 0.25) is 0 Å². The van der Waals surface area contributed by atoms with E-state index in [4.69, 9.17) is 0 Å². The van der Waals surface area contributed by atoms with Gasteiger partial charge < -0.3 is 10.2 Å². The quantitative estimate of drug-likeness (QED) is 0.714. The Balaban J connectivity index is 1.62. The van der Waals surface area contributed by atoms with Gasteiger partial charge in [-0.25, -0.2) is 0 Å².